The van der Waals surface area contributed by atoms with Gasteiger partial charge in [0, 0.05) is 18.7 Å². The number of pyridine rings is 1. The van der Waals surface area contributed by atoms with E-state index in [0.29, 0.717) is 12.1 Å². The number of imidazole rings is 1. The first-order valence-corrected chi connectivity index (χ1v) is 7.70. The van der Waals surface area contributed by atoms with Crippen LogP contribution in [0.5, 0.6) is 0 Å². The van der Waals surface area contributed by atoms with Crippen LogP contribution in [-0.4, -0.2) is 34.2 Å². The third kappa shape index (κ3) is 2.01. The van der Waals surface area contributed by atoms with E-state index in [4.69, 9.17) is 4.98 Å². The lowest BCUT2D eigenvalue weighted by Gasteiger charge is -2.25. The summed E-state index contributed by atoms with van der Waals surface area (Å²) in [5.74, 6) is 1.73. The molecule has 4 heterocycles. The molecule has 5 heteroatoms. The van der Waals surface area contributed by atoms with E-state index < -0.39 is 0 Å². The molecule has 2 fully saturated rings. The van der Waals surface area contributed by atoms with Crippen LogP contribution in [0.1, 0.15) is 43.6 Å². The lowest BCUT2D eigenvalue weighted by atomic mass is 9.98. The molecule has 2 atom stereocenters. The number of fused-ring (bicyclic) bond motifs is 1. The van der Waals surface area contributed by atoms with Crippen LogP contribution >= 0.6 is 0 Å². The molecule has 0 radical (unpaired) electrons. The van der Waals surface area contributed by atoms with Crippen LogP contribution < -0.4 is 10.6 Å². The average molecular weight is 271 g/mol. The Kier molecular flexibility index (Phi) is 3.16. The van der Waals surface area contributed by atoms with Gasteiger partial charge >= 0.3 is 0 Å². The Morgan fingerprint density at radius 2 is 2.15 bits per heavy atom. The second-order valence-electron chi connectivity index (χ2n) is 5.84. The van der Waals surface area contributed by atoms with E-state index >= 15 is 0 Å². The monoisotopic (exact) mass is 271 g/mol. The lowest BCUT2D eigenvalue weighted by molar-refractivity contribution is 0.399. The molecule has 0 bridgehead atoms. The number of piperidine rings is 1. The zero-order valence-corrected chi connectivity index (χ0v) is 11.7. The highest BCUT2D eigenvalue weighted by Gasteiger charge is 2.27. The first-order valence-electron chi connectivity index (χ1n) is 7.70. The first kappa shape index (κ1) is 12.3. The fraction of sp³-hybridized carbons (Fsp3) is 0.600. The Morgan fingerprint density at radius 3 is 2.95 bits per heavy atom. The molecular weight excluding hydrogens is 250 g/mol. The predicted octanol–water partition coefficient (Wildman–Crippen LogP) is 1.78. The quantitative estimate of drug-likeness (QED) is 0.874. The van der Waals surface area contributed by atoms with Crippen molar-refractivity contribution >= 4 is 11.2 Å². The summed E-state index contributed by atoms with van der Waals surface area (Å²) in [5.41, 5.74) is 2.06. The van der Waals surface area contributed by atoms with E-state index in [0.717, 1.165) is 30.8 Å². The molecule has 2 N–H and O–H groups in total. The fourth-order valence-corrected chi connectivity index (χ4v) is 3.50. The summed E-state index contributed by atoms with van der Waals surface area (Å²) < 4.78 is 2.36. The van der Waals surface area contributed by atoms with Crippen molar-refractivity contribution in [2.75, 3.05) is 19.6 Å². The molecule has 0 aromatic carbocycles. The SMILES string of the molecule is c1cnc2c(c1)nc(C1CCCNC1)n2C1CCCN1. The number of aromatic nitrogens is 3. The second-order valence-corrected chi connectivity index (χ2v) is 5.84. The molecule has 20 heavy (non-hydrogen) atoms. The van der Waals surface area contributed by atoms with Gasteiger partial charge in [-0.25, -0.2) is 9.97 Å². The van der Waals surface area contributed by atoms with Gasteiger partial charge in [-0.2, -0.15) is 0 Å². The Labute approximate surface area is 118 Å². The molecule has 0 spiro atoms. The van der Waals surface area contributed by atoms with Crippen LogP contribution in [0.4, 0.5) is 0 Å². The van der Waals surface area contributed by atoms with E-state index in [1.165, 1.54) is 31.5 Å². The molecule has 2 unspecified atom stereocenters. The molecule has 2 aliphatic rings. The van der Waals surface area contributed by atoms with Crippen molar-refractivity contribution in [1.82, 2.24) is 25.2 Å². The molecule has 0 amide bonds. The van der Waals surface area contributed by atoms with E-state index in [-0.39, 0.29) is 0 Å². The zero-order valence-electron chi connectivity index (χ0n) is 11.7. The maximum atomic E-state index is 4.90. The summed E-state index contributed by atoms with van der Waals surface area (Å²) in [7, 11) is 0. The van der Waals surface area contributed by atoms with Crippen LogP contribution in [0.3, 0.4) is 0 Å². The maximum absolute atomic E-state index is 4.90. The summed E-state index contributed by atoms with van der Waals surface area (Å²) in [6.07, 6.45) is 7.11. The first-order chi connectivity index (χ1) is 9.93. The second kappa shape index (κ2) is 5.14. The van der Waals surface area contributed by atoms with Crippen molar-refractivity contribution < 1.29 is 0 Å². The van der Waals surface area contributed by atoms with Gasteiger partial charge in [-0.15, -0.1) is 0 Å². The normalized spacial score (nSPS) is 27.2. The van der Waals surface area contributed by atoms with Gasteiger partial charge in [0.2, 0.25) is 0 Å². The van der Waals surface area contributed by atoms with Crippen molar-refractivity contribution in [3.63, 3.8) is 0 Å². The van der Waals surface area contributed by atoms with Crippen LogP contribution in [0.2, 0.25) is 0 Å². The fourth-order valence-electron chi connectivity index (χ4n) is 3.50. The molecule has 106 valence electrons. The highest BCUT2D eigenvalue weighted by Crippen LogP contribution is 2.30. The molecule has 0 saturated carbocycles. The zero-order chi connectivity index (χ0) is 13.4. The summed E-state index contributed by atoms with van der Waals surface area (Å²) in [6, 6.07) is 4.05. The van der Waals surface area contributed by atoms with Crippen LogP contribution in [-0.2, 0) is 0 Å². The summed E-state index contributed by atoms with van der Waals surface area (Å²) in [4.78, 5) is 9.48. The van der Waals surface area contributed by atoms with Gasteiger partial charge in [-0.1, -0.05) is 0 Å². The Bertz CT molecular complexity index is 593. The highest BCUT2D eigenvalue weighted by molar-refractivity contribution is 5.71. The van der Waals surface area contributed by atoms with Gasteiger partial charge in [-0.05, 0) is 50.9 Å². The third-order valence-corrected chi connectivity index (χ3v) is 4.48. The minimum Gasteiger partial charge on any atom is -0.316 e. The molecule has 0 aliphatic carbocycles. The van der Waals surface area contributed by atoms with Gasteiger partial charge in [0.25, 0.3) is 0 Å². The maximum Gasteiger partial charge on any atom is 0.161 e. The van der Waals surface area contributed by atoms with Crippen LogP contribution in [0, 0.1) is 0 Å². The van der Waals surface area contributed by atoms with Gasteiger partial charge in [0.1, 0.15) is 11.3 Å². The largest absolute Gasteiger partial charge is 0.316 e. The highest BCUT2D eigenvalue weighted by atomic mass is 15.3. The minimum atomic E-state index is 0.367. The Morgan fingerprint density at radius 1 is 1.20 bits per heavy atom. The van der Waals surface area contributed by atoms with Gasteiger partial charge in [0.05, 0.1) is 6.17 Å². The van der Waals surface area contributed by atoms with Crippen molar-refractivity contribution in [3.05, 3.63) is 24.2 Å². The summed E-state index contributed by atoms with van der Waals surface area (Å²) in [6.45, 7) is 3.27. The molecule has 2 aromatic rings. The number of hydrogen-bond donors (Lipinski definition) is 2. The molecule has 5 nitrogen and oxygen atoms in total. The third-order valence-electron chi connectivity index (χ3n) is 4.48. The van der Waals surface area contributed by atoms with E-state index in [1.807, 2.05) is 12.3 Å². The van der Waals surface area contributed by atoms with Gasteiger partial charge in [-0.3, -0.25) is 9.88 Å². The number of hydrogen-bond acceptors (Lipinski definition) is 4. The van der Waals surface area contributed by atoms with E-state index in [1.54, 1.807) is 0 Å². The van der Waals surface area contributed by atoms with E-state index in [9.17, 15) is 0 Å². The average Bonchev–Trinajstić information content (AvgIpc) is 3.14. The van der Waals surface area contributed by atoms with Crippen molar-refractivity contribution in [3.8, 4) is 0 Å². The molecular formula is C15H21N5. The smallest absolute Gasteiger partial charge is 0.161 e. The minimum absolute atomic E-state index is 0.367. The Balaban J connectivity index is 1.82. The van der Waals surface area contributed by atoms with Crippen molar-refractivity contribution in [2.24, 2.45) is 0 Å². The number of rotatable bonds is 2. The summed E-state index contributed by atoms with van der Waals surface area (Å²) >= 11 is 0. The number of nitrogens with one attached hydrogen (secondary N) is 2. The van der Waals surface area contributed by atoms with E-state index in [2.05, 4.69) is 26.3 Å². The predicted molar refractivity (Wildman–Crippen MR) is 78.6 cm³/mol. The molecule has 2 aromatic heterocycles. The van der Waals surface area contributed by atoms with Crippen molar-refractivity contribution in [2.45, 2.75) is 37.8 Å². The lowest BCUT2D eigenvalue weighted by Crippen LogP contribution is -2.31. The van der Waals surface area contributed by atoms with Gasteiger partial charge < -0.3 is 5.32 Å². The van der Waals surface area contributed by atoms with Crippen LogP contribution in [0.25, 0.3) is 11.2 Å². The van der Waals surface area contributed by atoms with Crippen molar-refractivity contribution in [1.29, 1.82) is 0 Å². The van der Waals surface area contributed by atoms with Crippen LogP contribution in [0.15, 0.2) is 18.3 Å². The standard InChI is InChI=1S/C15H21N5/c1-4-11(10-16-7-1)14-19-12-5-2-9-18-15(12)20(14)13-6-3-8-17-13/h2,5,9,11,13,16-17H,1,3-4,6-8,10H2. The number of nitrogens with zero attached hydrogens (tertiary/aromatic N) is 3. The molecule has 4 rings (SSSR count). The molecule has 2 saturated heterocycles. The Hall–Kier alpha value is -1.46. The molecule has 2 aliphatic heterocycles. The topological polar surface area (TPSA) is 54.8 Å². The summed E-state index contributed by atoms with van der Waals surface area (Å²) in [5, 5.41) is 7.09. The van der Waals surface area contributed by atoms with Gasteiger partial charge in [0.15, 0.2) is 5.65 Å².